The predicted octanol–water partition coefficient (Wildman–Crippen LogP) is 18.4. The van der Waals surface area contributed by atoms with Crippen molar-refractivity contribution in [2.24, 2.45) is 11.8 Å². The predicted molar refractivity (Wildman–Crippen MR) is 340 cm³/mol. The summed E-state index contributed by atoms with van der Waals surface area (Å²) in [5, 5.41) is 10.5. The van der Waals surface area contributed by atoms with Gasteiger partial charge in [0.2, 0.25) is 0 Å². The van der Waals surface area contributed by atoms with Crippen LogP contribution in [-0.2, 0) is 65.4 Å². The molecule has 0 aliphatic heterocycles. The molecule has 85 heavy (non-hydrogen) atoms. The van der Waals surface area contributed by atoms with Gasteiger partial charge < -0.3 is 33.8 Å². The number of phosphoric ester groups is 2. The number of aliphatic hydroxyl groups excluding tert-OH is 1. The number of unbranched alkanes of at least 4 members (excludes halogenated alkanes) is 35. The van der Waals surface area contributed by atoms with Crippen LogP contribution in [0.2, 0.25) is 0 Å². The zero-order chi connectivity index (χ0) is 62.9. The number of ether oxygens (including phenoxy) is 4. The summed E-state index contributed by atoms with van der Waals surface area (Å²) in [6, 6.07) is 0. The van der Waals surface area contributed by atoms with E-state index in [4.69, 9.17) is 37.0 Å². The van der Waals surface area contributed by atoms with E-state index in [1.165, 1.54) is 128 Å². The number of phosphoric acid groups is 2. The quantitative estimate of drug-likeness (QED) is 0.0222. The minimum absolute atomic E-state index is 0.103. The molecule has 504 valence electrons. The Kier molecular flexibility index (Phi) is 57.1. The first-order valence-corrected chi connectivity index (χ1v) is 37.5. The van der Waals surface area contributed by atoms with Crippen molar-refractivity contribution < 1.29 is 80.2 Å². The van der Waals surface area contributed by atoms with Gasteiger partial charge >= 0.3 is 39.5 Å². The second-order valence-electron chi connectivity index (χ2n) is 24.8. The Balaban J connectivity index is 5.12. The average molecular weight is 1260 g/mol. The summed E-state index contributed by atoms with van der Waals surface area (Å²) in [4.78, 5) is 71.9. The molecule has 2 unspecified atom stereocenters. The smallest absolute Gasteiger partial charge is 0.462 e. The van der Waals surface area contributed by atoms with E-state index in [1.807, 2.05) is 0 Å². The maximum absolute atomic E-state index is 13.0. The Labute approximate surface area is 517 Å². The van der Waals surface area contributed by atoms with Crippen LogP contribution in [0.5, 0.6) is 0 Å². The van der Waals surface area contributed by atoms with Crippen LogP contribution in [0.25, 0.3) is 0 Å². The third kappa shape index (κ3) is 60.7. The molecule has 0 bridgehead atoms. The van der Waals surface area contributed by atoms with Crippen molar-refractivity contribution in [1.82, 2.24) is 0 Å². The van der Waals surface area contributed by atoms with E-state index in [1.54, 1.807) is 0 Å². The molecule has 0 aliphatic rings. The summed E-state index contributed by atoms with van der Waals surface area (Å²) in [5.41, 5.74) is 0. The molecular formula is C66H128O17P2. The molecule has 3 N–H and O–H groups in total. The molecular weight excluding hydrogens is 1130 g/mol. The van der Waals surface area contributed by atoms with Crippen LogP contribution in [-0.4, -0.2) is 96.7 Å². The van der Waals surface area contributed by atoms with Gasteiger partial charge in [-0.25, -0.2) is 9.13 Å². The fourth-order valence-electron chi connectivity index (χ4n) is 9.88. The van der Waals surface area contributed by atoms with Crippen molar-refractivity contribution in [1.29, 1.82) is 0 Å². The number of rotatable bonds is 65. The lowest BCUT2D eigenvalue weighted by atomic mass is 10.0. The summed E-state index contributed by atoms with van der Waals surface area (Å²) in [7, 11) is -9.88. The Morgan fingerprint density at radius 3 is 0.800 bits per heavy atom. The Morgan fingerprint density at radius 2 is 0.541 bits per heavy atom. The van der Waals surface area contributed by atoms with Crippen LogP contribution in [0.4, 0.5) is 0 Å². The summed E-state index contributed by atoms with van der Waals surface area (Å²) < 4.78 is 67.8. The molecule has 0 radical (unpaired) electrons. The molecule has 19 heteroatoms. The third-order valence-electron chi connectivity index (χ3n) is 15.2. The fraction of sp³-hybridized carbons (Fsp3) is 0.939. The summed E-state index contributed by atoms with van der Waals surface area (Å²) in [5.74, 6) is -0.561. The van der Waals surface area contributed by atoms with E-state index in [9.17, 15) is 43.2 Å². The van der Waals surface area contributed by atoms with Crippen LogP contribution >= 0.6 is 15.6 Å². The first-order valence-electron chi connectivity index (χ1n) is 34.5. The van der Waals surface area contributed by atoms with Gasteiger partial charge in [-0.15, -0.1) is 0 Å². The molecule has 0 saturated carbocycles. The Bertz CT molecular complexity index is 1670. The normalized spacial score (nSPS) is 14.2. The van der Waals surface area contributed by atoms with Crippen molar-refractivity contribution in [3.8, 4) is 0 Å². The first kappa shape index (κ1) is 83.1. The molecule has 0 aromatic carbocycles. The van der Waals surface area contributed by atoms with Gasteiger partial charge in [0.05, 0.1) is 26.4 Å². The Hall–Kier alpha value is -1.94. The lowest BCUT2D eigenvalue weighted by Crippen LogP contribution is -2.30. The average Bonchev–Trinajstić information content (AvgIpc) is 3.46. The van der Waals surface area contributed by atoms with Gasteiger partial charge in [0.15, 0.2) is 12.2 Å². The van der Waals surface area contributed by atoms with E-state index in [0.717, 1.165) is 121 Å². The zero-order valence-electron chi connectivity index (χ0n) is 54.9. The van der Waals surface area contributed by atoms with E-state index in [2.05, 4.69) is 41.5 Å². The highest BCUT2D eigenvalue weighted by molar-refractivity contribution is 7.47. The van der Waals surface area contributed by atoms with Crippen LogP contribution in [0.15, 0.2) is 0 Å². The van der Waals surface area contributed by atoms with Gasteiger partial charge in [-0.3, -0.25) is 37.3 Å². The number of aliphatic hydroxyl groups is 1. The van der Waals surface area contributed by atoms with Gasteiger partial charge in [-0.1, -0.05) is 279 Å². The SMILES string of the molecule is CCCCCCCCCC(=O)O[C@H](COC(=O)CCCCCCC)COP(=O)(O)OC[C@H](O)COP(=O)(O)OC[C@@H](COC(=O)CCCCCCCCCCCCCCC(C)C)OC(=O)CCCCCCCCCCCCCCCCCC(C)C. The van der Waals surface area contributed by atoms with Gasteiger partial charge in [0.1, 0.15) is 19.3 Å². The van der Waals surface area contributed by atoms with E-state index >= 15 is 0 Å². The molecule has 17 nitrogen and oxygen atoms in total. The van der Waals surface area contributed by atoms with Crippen LogP contribution in [0.1, 0.15) is 330 Å². The van der Waals surface area contributed by atoms with Crippen molar-refractivity contribution >= 4 is 39.5 Å². The lowest BCUT2D eigenvalue weighted by molar-refractivity contribution is -0.161. The summed E-state index contributed by atoms with van der Waals surface area (Å²) in [6.07, 6.45) is 42.2. The van der Waals surface area contributed by atoms with Crippen molar-refractivity contribution in [3.05, 3.63) is 0 Å². The first-order chi connectivity index (χ1) is 40.9. The van der Waals surface area contributed by atoms with E-state index < -0.39 is 97.5 Å². The molecule has 0 aromatic rings. The maximum atomic E-state index is 13.0. The molecule has 0 amide bonds. The number of carbonyl (C=O) groups excluding carboxylic acids is 4. The van der Waals surface area contributed by atoms with E-state index in [0.29, 0.717) is 25.7 Å². The van der Waals surface area contributed by atoms with Crippen molar-refractivity contribution in [2.75, 3.05) is 39.6 Å². The van der Waals surface area contributed by atoms with Crippen molar-refractivity contribution in [3.63, 3.8) is 0 Å². The van der Waals surface area contributed by atoms with Gasteiger partial charge in [-0.2, -0.15) is 0 Å². The minimum atomic E-state index is -4.95. The topological polar surface area (TPSA) is 237 Å². The zero-order valence-corrected chi connectivity index (χ0v) is 56.7. The molecule has 5 atom stereocenters. The standard InChI is InChI=1S/C66H128O17P2/c1-7-9-11-13-29-38-44-50-65(70)82-61(54-76-63(68)48-42-34-12-10-8-2)56-80-84(72,73)78-52-60(67)53-79-85(74,75)81-57-62(55-77-64(69)49-43-37-32-27-23-20-19-22-26-31-36-41-47-59(5)6)83-66(71)51-45-39-33-28-24-18-16-14-15-17-21-25-30-35-40-46-58(3)4/h58-62,67H,7-57H2,1-6H3,(H,72,73)(H,74,75)/t60-,61+,62+/m0/s1. The van der Waals surface area contributed by atoms with Gasteiger partial charge in [0, 0.05) is 25.7 Å². The molecule has 0 fully saturated rings. The minimum Gasteiger partial charge on any atom is -0.462 e. The van der Waals surface area contributed by atoms with Gasteiger partial charge in [-0.05, 0) is 37.5 Å². The molecule has 0 spiro atoms. The number of hydrogen-bond donors (Lipinski definition) is 3. The largest absolute Gasteiger partial charge is 0.472 e. The van der Waals surface area contributed by atoms with Crippen molar-refractivity contribution in [2.45, 2.75) is 349 Å². The molecule has 0 aromatic heterocycles. The molecule has 0 aliphatic carbocycles. The monoisotopic (exact) mass is 1250 g/mol. The molecule has 0 rings (SSSR count). The maximum Gasteiger partial charge on any atom is 0.472 e. The molecule has 0 heterocycles. The second-order valence-corrected chi connectivity index (χ2v) is 27.7. The van der Waals surface area contributed by atoms with Crippen LogP contribution in [0, 0.1) is 11.8 Å². The highest BCUT2D eigenvalue weighted by atomic mass is 31.2. The Morgan fingerprint density at radius 1 is 0.318 bits per heavy atom. The molecule has 0 saturated heterocycles. The van der Waals surface area contributed by atoms with Gasteiger partial charge in [0.25, 0.3) is 0 Å². The second kappa shape index (κ2) is 58.4. The van der Waals surface area contributed by atoms with Crippen LogP contribution in [0.3, 0.4) is 0 Å². The summed E-state index contributed by atoms with van der Waals surface area (Å²) in [6.45, 7) is 9.42. The number of carbonyl (C=O) groups is 4. The van der Waals surface area contributed by atoms with E-state index in [-0.39, 0.29) is 25.7 Å². The number of hydrogen-bond acceptors (Lipinski definition) is 15. The third-order valence-corrected chi connectivity index (χ3v) is 17.1. The highest BCUT2D eigenvalue weighted by Crippen LogP contribution is 2.45. The van der Waals surface area contributed by atoms with Crippen LogP contribution < -0.4 is 0 Å². The summed E-state index contributed by atoms with van der Waals surface area (Å²) >= 11 is 0. The number of esters is 4. The fourth-order valence-corrected chi connectivity index (χ4v) is 11.5. The highest BCUT2D eigenvalue weighted by Gasteiger charge is 2.30. The lowest BCUT2D eigenvalue weighted by Gasteiger charge is -2.21.